The Bertz CT molecular complexity index is 588. The molecule has 17 heavy (non-hydrogen) atoms. The van der Waals surface area contributed by atoms with E-state index in [1.807, 2.05) is 16.8 Å². The lowest BCUT2D eigenvalue weighted by Crippen LogP contribution is -1.94. The zero-order valence-electron chi connectivity index (χ0n) is 9.75. The molecule has 0 amide bonds. The summed E-state index contributed by atoms with van der Waals surface area (Å²) in [6, 6.07) is 4.14. The number of thiophene rings is 1. The molecule has 0 saturated carbocycles. The van der Waals surface area contributed by atoms with Crippen LogP contribution in [-0.2, 0) is 6.42 Å². The second kappa shape index (κ2) is 4.23. The van der Waals surface area contributed by atoms with Gasteiger partial charge in [0.25, 0.3) is 0 Å². The van der Waals surface area contributed by atoms with Crippen LogP contribution in [0.25, 0.3) is 15.5 Å². The van der Waals surface area contributed by atoms with Gasteiger partial charge in [0.1, 0.15) is 10.7 Å². The quantitative estimate of drug-likeness (QED) is 0.721. The largest absolute Gasteiger partial charge is 0.217 e. The molecule has 0 spiro atoms. The highest BCUT2D eigenvalue weighted by Gasteiger charge is 2.10. The predicted molar refractivity (Wildman–Crippen MR) is 72.7 cm³/mol. The first kappa shape index (κ1) is 10.9. The summed E-state index contributed by atoms with van der Waals surface area (Å²) >= 11 is 3.40. The highest BCUT2D eigenvalue weighted by atomic mass is 32.1. The van der Waals surface area contributed by atoms with Gasteiger partial charge >= 0.3 is 0 Å². The predicted octanol–water partition coefficient (Wildman–Crippen LogP) is 3.72. The Balaban J connectivity index is 1.96. The van der Waals surface area contributed by atoms with Gasteiger partial charge in [0, 0.05) is 6.42 Å². The maximum absolute atomic E-state index is 4.61. The number of hydrogen-bond donors (Lipinski definition) is 0. The minimum absolute atomic E-state index is 0.641. The van der Waals surface area contributed by atoms with E-state index in [2.05, 4.69) is 35.4 Å². The average molecular weight is 263 g/mol. The third-order valence-electron chi connectivity index (χ3n) is 2.44. The van der Waals surface area contributed by atoms with E-state index in [9.17, 15) is 0 Å². The maximum Gasteiger partial charge on any atom is 0.212 e. The van der Waals surface area contributed by atoms with Gasteiger partial charge in [-0.15, -0.1) is 11.3 Å². The van der Waals surface area contributed by atoms with Crippen LogP contribution in [0.2, 0.25) is 0 Å². The smallest absolute Gasteiger partial charge is 0.212 e. The van der Waals surface area contributed by atoms with Crippen LogP contribution in [0, 0.1) is 5.92 Å². The zero-order valence-corrected chi connectivity index (χ0v) is 11.4. The molecule has 0 saturated heterocycles. The standard InChI is InChI=1S/C12H13N3S2/c1-8(2)6-11-14-15-7-9(13-12(15)17-11)10-4-3-5-16-10/h3-5,7-8H,6H2,1-2H3. The summed E-state index contributed by atoms with van der Waals surface area (Å²) in [5, 5.41) is 7.80. The fourth-order valence-electron chi connectivity index (χ4n) is 1.72. The first-order valence-electron chi connectivity index (χ1n) is 5.61. The van der Waals surface area contributed by atoms with Crippen molar-refractivity contribution in [1.29, 1.82) is 0 Å². The third-order valence-corrected chi connectivity index (χ3v) is 4.28. The summed E-state index contributed by atoms with van der Waals surface area (Å²) in [7, 11) is 0. The molecule has 0 aliphatic heterocycles. The Labute approximate surface area is 108 Å². The minimum Gasteiger partial charge on any atom is -0.217 e. The van der Waals surface area contributed by atoms with Crippen molar-refractivity contribution in [2.45, 2.75) is 20.3 Å². The fraction of sp³-hybridized carbons (Fsp3) is 0.333. The number of hydrogen-bond acceptors (Lipinski definition) is 4. The second-order valence-electron chi connectivity index (χ2n) is 4.42. The van der Waals surface area contributed by atoms with Crippen molar-refractivity contribution in [3.05, 3.63) is 28.7 Å². The molecule has 0 radical (unpaired) electrons. The van der Waals surface area contributed by atoms with E-state index < -0.39 is 0 Å². The lowest BCUT2D eigenvalue weighted by molar-refractivity contribution is 0.637. The van der Waals surface area contributed by atoms with Crippen molar-refractivity contribution in [2.75, 3.05) is 0 Å². The Morgan fingerprint density at radius 1 is 1.41 bits per heavy atom. The van der Waals surface area contributed by atoms with Crippen LogP contribution in [0.1, 0.15) is 18.9 Å². The van der Waals surface area contributed by atoms with Crippen molar-refractivity contribution in [2.24, 2.45) is 5.92 Å². The van der Waals surface area contributed by atoms with Crippen molar-refractivity contribution >= 4 is 27.6 Å². The first-order valence-corrected chi connectivity index (χ1v) is 7.31. The molecular weight excluding hydrogens is 250 g/mol. The van der Waals surface area contributed by atoms with Crippen LogP contribution in [-0.4, -0.2) is 14.6 Å². The molecule has 0 bridgehead atoms. The van der Waals surface area contributed by atoms with E-state index in [4.69, 9.17) is 0 Å². The zero-order chi connectivity index (χ0) is 11.8. The molecule has 88 valence electrons. The molecule has 0 fully saturated rings. The monoisotopic (exact) mass is 263 g/mol. The van der Waals surface area contributed by atoms with Crippen LogP contribution < -0.4 is 0 Å². The van der Waals surface area contributed by atoms with Gasteiger partial charge in [-0.25, -0.2) is 9.50 Å². The van der Waals surface area contributed by atoms with E-state index in [-0.39, 0.29) is 0 Å². The number of fused-ring (bicyclic) bond motifs is 1. The molecular formula is C12H13N3S2. The van der Waals surface area contributed by atoms with E-state index >= 15 is 0 Å². The van der Waals surface area contributed by atoms with Crippen LogP contribution in [0.5, 0.6) is 0 Å². The van der Waals surface area contributed by atoms with Crippen molar-refractivity contribution in [3.63, 3.8) is 0 Å². The average Bonchev–Trinajstić information content (AvgIpc) is 2.86. The van der Waals surface area contributed by atoms with E-state index in [1.165, 1.54) is 9.88 Å². The first-order chi connectivity index (χ1) is 8.22. The van der Waals surface area contributed by atoms with Gasteiger partial charge in [0.15, 0.2) is 0 Å². The Kier molecular flexibility index (Phi) is 2.72. The van der Waals surface area contributed by atoms with Crippen LogP contribution in [0.15, 0.2) is 23.7 Å². The van der Waals surface area contributed by atoms with Gasteiger partial charge in [0.2, 0.25) is 4.96 Å². The Morgan fingerprint density at radius 2 is 2.29 bits per heavy atom. The molecule has 0 aliphatic rings. The van der Waals surface area contributed by atoms with Gasteiger partial charge in [-0.05, 0) is 17.4 Å². The van der Waals surface area contributed by atoms with E-state index in [0.717, 1.165) is 17.1 Å². The summed E-state index contributed by atoms with van der Waals surface area (Å²) < 4.78 is 1.90. The highest BCUT2D eigenvalue weighted by Crippen LogP contribution is 2.26. The molecule has 3 rings (SSSR count). The summed E-state index contributed by atoms with van der Waals surface area (Å²) in [4.78, 5) is 6.80. The van der Waals surface area contributed by atoms with E-state index in [0.29, 0.717) is 5.92 Å². The molecule has 3 heterocycles. The molecule has 5 heteroatoms. The van der Waals surface area contributed by atoms with E-state index in [1.54, 1.807) is 22.7 Å². The van der Waals surface area contributed by atoms with Gasteiger partial charge in [-0.2, -0.15) is 5.10 Å². The normalized spacial score (nSPS) is 11.7. The number of imidazole rings is 1. The number of aromatic nitrogens is 3. The summed E-state index contributed by atoms with van der Waals surface area (Å²) in [5.74, 6) is 0.641. The SMILES string of the molecule is CC(C)Cc1nn2cc(-c3cccs3)nc2s1. The lowest BCUT2D eigenvalue weighted by atomic mass is 10.1. The summed E-state index contributed by atoms with van der Waals surface area (Å²) in [6.45, 7) is 4.42. The Morgan fingerprint density at radius 3 is 2.94 bits per heavy atom. The molecule has 0 unspecified atom stereocenters. The molecule has 0 aliphatic carbocycles. The number of rotatable bonds is 3. The summed E-state index contributed by atoms with van der Waals surface area (Å²) in [6.07, 6.45) is 3.05. The second-order valence-corrected chi connectivity index (χ2v) is 6.41. The number of nitrogens with zero attached hydrogens (tertiary/aromatic N) is 3. The van der Waals surface area contributed by atoms with Crippen LogP contribution >= 0.6 is 22.7 Å². The minimum atomic E-state index is 0.641. The topological polar surface area (TPSA) is 30.2 Å². The molecule has 3 aromatic rings. The van der Waals surface area contributed by atoms with Gasteiger partial charge in [0.05, 0.1) is 11.1 Å². The van der Waals surface area contributed by atoms with Crippen molar-refractivity contribution < 1.29 is 0 Å². The third kappa shape index (κ3) is 2.12. The Hall–Kier alpha value is -1.20. The van der Waals surface area contributed by atoms with Gasteiger partial charge in [-0.1, -0.05) is 31.3 Å². The van der Waals surface area contributed by atoms with Crippen molar-refractivity contribution in [3.8, 4) is 10.6 Å². The van der Waals surface area contributed by atoms with Gasteiger partial charge in [-0.3, -0.25) is 0 Å². The molecule has 0 N–H and O–H groups in total. The van der Waals surface area contributed by atoms with Crippen molar-refractivity contribution in [1.82, 2.24) is 14.6 Å². The molecule has 3 aromatic heterocycles. The molecule has 3 nitrogen and oxygen atoms in total. The highest BCUT2D eigenvalue weighted by molar-refractivity contribution is 7.16. The molecule has 0 atom stereocenters. The maximum atomic E-state index is 4.61. The summed E-state index contributed by atoms with van der Waals surface area (Å²) in [5.41, 5.74) is 1.02. The lowest BCUT2D eigenvalue weighted by Gasteiger charge is -1.97. The fourth-order valence-corrected chi connectivity index (χ4v) is 3.48. The van der Waals surface area contributed by atoms with Crippen LogP contribution in [0.4, 0.5) is 0 Å². The molecule has 0 aromatic carbocycles. The van der Waals surface area contributed by atoms with Crippen LogP contribution in [0.3, 0.4) is 0 Å². The van der Waals surface area contributed by atoms with Gasteiger partial charge < -0.3 is 0 Å².